The first-order valence-electron chi connectivity index (χ1n) is 16.4. The molecule has 0 radical (unpaired) electrons. The van der Waals surface area contributed by atoms with Crippen molar-refractivity contribution in [3.63, 3.8) is 0 Å². The van der Waals surface area contributed by atoms with Gasteiger partial charge in [0.25, 0.3) is 0 Å². The molecule has 0 aromatic heterocycles. The van der Waals surface area contributed by atoms with Crippen molar-refractivity contribution in [2.75, 3.05) is 0 Å². The molecule has 262 valence electrons. The SMILES string of the molecule is CC#CCCC(O)c1ccccc1.CCCCCC=O.CCCCC[C@@H]1O[C@H](c2ccccc2)CC/C1=C(/C)OS(=O)(=O)C(F)(F)F. The van der Waals surface area contributed by atoms with Crippen LogP contribution in [0.1, 0.15) is 128 Å². The van der Waals surface area contributed by atoms with Gasteiger partial charge in [-0.25, -0.2) is 0 Å². The van der Waals surface area contributed by atoms with Crippen LogP contribution < -0.4 is 0 Å². The zero-order chi connectivity index (χ0) is 35.1. The van der Waals surface area contributed by atoms with Crippen molar-refractivity contribution in [2.45, 2.75) is 129 Å². The molecule has 1 unspecified atom stereocenters. The van der Waals surface area contributed by atoms with E-state index in [0.717, 1.165) is 55.9 Å². The van der Waals surface area contributed by atoms with E-state index < -0.39 is 21.7 Å². The number of aliphatic hydroxyl groups is 1. The van der Waals surface area contributed by atoms with Crippen LogP contribution in [0.3, 0.4) is 0 Å². The third kappa shape index (κ3) is 16.5. The predicted octanol–water partition coefficient (Wildman–Crippen LogP) is 9.92. The van der Waals surface area contributed by atoms with E-state index in [1.807, 2.05) is 67.6 Å². The number of rotatable bonds is 14. The van der Waals surface area contributed by atoms with Crippen molar-refractivity contribution in [1.82, 2.24) is 0 Å². The lowest BCUT2D eigenvalue weighted by Crippen LogP contribution is -2.29. The Balaban J connectivity index is 0.000000454. The van der Waals surface area contributed by atoms with E-state index in [1.54, 1.807) is 0 Å². The van der Waals surface area contributed by atoms with Gasteiger partial charge < -0.3 is 18.8 Å². The lowest BCUT2D eigenvalue weighted by atomic mass is 9.91. The van der Waals surface area contributed by atoms with E-state index in [9.17, 15) is 31.5 Å². The van der Waals surface area contributed by atoms with Gasteiger partial charge in [-0.15, -0.1) is 11.8 Å². The van der Waals surface area contributed by atoms with Gasteiger partial charge >= 0.3 is 15.6 Å². The van der Waals surface area contributed by atoms with Gasteiger partial charge in [0.05, 0.1) is 18.3 Å². The highest BCUT2D eigenvalue weighted by molar-refractivity contribution is 7.87. The summed E-state index contributed by atoms with van der Waals surface area (Å²) in [4.78, 5) is 9.68. The molecule has 0 spiro atoms. The Hall–Kier alpha value is -3.13. The van der Waals surface area contributed by atoms with E-state index in [4.69, 9.17) is 4.74 Å². The lowest BCUT2D eigenvalue weighted by Gasteiger charge is -2.33. The lowest BCUT2D eigenvalue weighted by molar-refractivity contribution is -0.107. The highest BCUT2D eigenvalue weighted by Gasteiger charge is 2.49. The minimum Gasteiger partial charge on any atom is -0.388 e. The number of aliphatic hydroxyl groups excluding tert-OH is 1. The summed E-state index contributed by atoms with van der Waals surface area (Å²) in [5.74, 6) is 5.52. The Morgan fingerprint density at radius 1 is 1.02 bits per heavy atom. The molecular weight excluding hydrogens is 629 g/mol. The molecule has 0 amide bonds. The predicted molar refractivity (Wildman–Crippen MR) is 180 cm³/mol. The molecule has 47 heavy (non-hydrogen) atoms. The topological polar surface area (TPSA) is 89.9 Å². The summed E-state index contributed by atoms with van der Waals surface area (Å²) in [6, 6.07) is 19.3. The minimum atomic E-state index is -5.67. The van der Waals surface area contributed by atoms with Gasteiger partial charge in [0.1, 0.15) is 12.0 Å². The Kier molecular flexibility index (Phi) is 20.7. The van der Waals surface area contributed by atoms with Gasteiger partial charge in [-0.05, 0) is 62.7 Å². The summed E-state index contributed by atoms with van der Waals surface area (Å²) in [6.45, 7) is 7.26. The molecular formula is C37H51F3O6S. The maximum absolute atomic E-state index is 12.6. The average molecular weight is 681 g/mol. The summed E-state index contributed by atoms with van der Waals surface area (Å²) in [6.07, 6.45) is 10.0. The number of carbonyl (C=O) groups is 1. The summed E-state index contributed by atoms with van der Waals surface area (Å²) in [7, 11) is -5.67. The van der Waals surface area contributed by atoms with Gasteiger partial charge in [-0.2, -0.15) is 21.6 Å². The molecule has 2 aromatic rings. The van der Waals surface area contributed by atoms with Crippen molar-refractivity contribution in [1.29, 1.82) is 0 Å². The highest BCUT2D eigenvalue weighted by Crippen LogP contribution is 2.39. The van der Waals surface area contributed by atoms with Crippen molar-refractivity contribution < 1.29 is 40.4 Å². The van der Waals surface area contributed by atoms with Gasteiger partial charge in [-0.1, -0.05) is 107 Å². The third-order valence-electron chi connectivity index (χ3n) is 7.43. The molecule has 1 aliphatic heterocycles. The minimum absolute atomic E-state index is 0.173. The van der Waals surface area contributed by atoms with E-state index in [2.05, 4.69) is 29.9 Å². The maximum Gasteiger partial charge on any atom is 0.534 e. The van der Waals surface area contributed by atoms with Gasteiger partial charge in [0.15, 0.2) is 0 Å². The largest absolute Gasteiger partial charge is 0.534 e. The normalized spacial score (nSPS) is 17.8. The summed E-state index contributed by atoms with van der Waals surface area (Å²) in [5.41, 5.74) is -2.99. The second-order valence-corrected chi connectivity index (χ2v) is 12.7. The zero-order valence-corrected chi connectivity index (χ0v) is 28.9. The molecule has 0 aliphatic carbocycles. The average Bonchev–Trinajstić information content (AvgIpc) is 3.06. The Labute approximate surface area is 279 Å². The highest BCUT2D eigenvalue weighted by atomic mass is 32.2. The number of carbonyl (C=O) groups excluding carboxylic acids is 1. The Morgan fingerprint density at radius 2 is 1.62 bits per heavy atom. The molecule has 10 heteroatoms. The number of hydrogen-bond donors (Lipinski definition) is 1. The molecule has 0 saturated carbocycles. The summed E-state index contributed by atoms with van der Waals surface area (Å²) in [5, 5.41) is 9.68. The van der Waals surface area contributed by atoms with E-state index in [1.165, 1.54) is 19.8 Å². The van der Waals surface area contributed by atoms with Gasteiger partial charge in [-0.3, -0.25) is 0 Å². The van der Waals surface area contributed by atoms with Crippen LogP contribution in [-0.2, 0) is 23.8 Å². The fourth-order valence-electron chi connectivity index (χ4n) is 4.85. The summed E-state index contributed by atoms with van der Waals surface area (Å²) < 4.78 is 71.0. The number of hydrogen-bond acceptors (Lipinski definition) is 6. The van der Waals surface area contributed by atoms with Crippen LogP contribution in [0.15, 0.2) is 72.0 Å². The van der Waals surface area contributed by atoms with Crippen LogP contribution in [0.25, 0.3) is 0 Å². The number of aldehydes is 1. The van der Waals surface area contributed by atoms with Crippen molar-refractivity contribution >= 4 is 16.4 Å². The molecule has 3 rings (SSSR count). The molecule has 1 N–H and O–H groups in total. The first-order valence-corrected chi connectivity index (χ1v) is 17.8. The number of ether oxygens (including phenoxy) is 1. The monoisotopic (exact) mass is 680 g/mol. The quantitative estimate of drug-likeness (QED) is 0.0534. The smallest absolute Gasteiger partial charge is 0.388 e. The van der Waals surface area contributed by atoms with Crippen LogP contribution in [0.2, 0.25) is 0 Å². The number of benzene rings is 2. The molecule has 2 aromatic carbocycles. The van der Waals surface area contributed by atoms with Crippen LogP contribution >= 0.6 is 0 Å². The molecule has 1 fully saturated rings. The van der Waals surface area contributed by atoms with Crippen LogP contribution in [0.5, 0.6) is 0 Å². The third-order valence-corrected chi connectivity index (χ3v) is 8.47. The number of allylic oxidation sites excluding steroid dienone is 1. The second-order valence-electron chi connectivity index (χ2n) is 11.2. The molecule has 6 nitrogen and oxygen atoms in total. The van der Waals surface area contributed by atoms with Crippen LogP contribution in [-0.4, -0.2) is 31.4 Å². The first-order chi connectivity index (χ1) is 22.4. The molecule has 1 aliphatic rings. The summed E-state index contributed by atoms with van der Waals surface area (Å²) >= 11 is 0. The fourth-order valence-corrected chi connectivity index (χ4v) is 5.38. The number of halogens is 3. The van der Waals surface area contributed by atoms with Crippen LogP contribution in [0.4, 0.5) is 13.2 Å². The van der Waals surface area contributed by atoms with Crippen LogP contribution in [0, 0.1) is 11.8 Å². The van der Waals surface area contributed by atoms with Crippen molar-refractivity contribution in [3.8, 4) is 11.8 Å². The van der Waals surface area contributed by atoms with E-state index >= 15 is 0 Å². The van der Waals surface area contributed by atoms with Gasteiger partial charge in [0, 0.05) is 12.8 Å². The molecule has 1 saturated heterocycles. The van der Waals surface area contributed by atoms with Crippen molar-refractivity contribution in [3.05, 3.63) is 83.1 Å². The van der Waals surface area contributed by atoms with Gasteiger partial charge in [0.2, 0.25) is 0 Å². The Morgan fingerprint density at radius 3 is 2.17 bits per heavy atom. The molecule has 3 atom stereocenters. The number of unbranched alkanes of at least 4 members (excludes halogenated alkanes) is 5. The van der Waals surface area contributed by atoms with E-state index in [0.29, 0.717) is 31.3 Å². The molecule has 1 heterocycles. The Bertz CT molecular complexity index is 1330. The maximum atomic E-state index is 12.6. The second kappa shape index (κ2) is 23.2. The first kappa shape index (κ1) is 41.9. The fraction of sp³-hybridized carbons (Fsp3) is 0.541. The zero-order valence-electron chi connectivity index (χ0n) is 28.1. The molecule has 0 bridgehead atoms. The number of alkyl halides is 3. The standard InChI is InChI=1S/C19H25F3O4S.C12H14O.C6H12O/c1-3-4-6-11-18-16(14(2)26-27(23,24)19(20,21)22)12-13-17(25-18)15-9-7-5-8-10-15;1-2-3-5-10-12(13)11-8-6-4-7-9-11;1-2-3-4-5-6-7/h5,7-10,17-18H,3-4,6,11-13H2,1-2H3;4,6-9,12-13H,5,10H2,1H3;6H,2-5H2,1H3/b16-14+;;/t17-,18-;;/m0../s1. The van der Waals surface area contributed by atoms with E-state index in [-0.39, 0.29) is 18.0 Å². The van der Waals surface area contributed by atoms with Crippen molar-refractivity contribution in [2.24, 2.45) is 0 Å².